The Morgan fingerprint density at radius 1 is 1.33 bits per heavy atom. The molecule has 0 aliphatic rings. The van der Waals surface area contributed by atoms with Crippen LogP contribution in [0.5, 0.6) is 0 Å². The molecule has 15 heavy (non-hydrogen) atoms. The molecular formula is C10H8N2OS2. The van der Waals surface area contributed by atoms with E-state index < -0.39 is 0 Å². The molecule has 76 valence electrons. The van der Waals surface area contributed by atoms with Crippen LogP contribution in [0.2, 0.25) is 0 Å². The van der Waals surface area contributed by atoms with Crippen molar-refractivity contribution in [2.45, 2.75) is 0 Å². The van der Waals surface area contributed by atoms with Crippen molar-refractivity contribution in [1.29, 1.82) is 0 Å². The fourth-order valence-corrected chi connectivity index (χ4v) is 2.03. The van der Waals surface area contributed by atoms with Gasteiger partial charge in [-0.2, -0.15) is 0 Å². The number of anilines is 1. The molecule has 2 rings (SSSR count). The zero-order chi connectivity index (χ0) is 10.7. The number of aromatic nitrogens is 1. The zero-order valence-corrected chi connectivity index (χ0v) is 9.32. The molecule has 2 N–H and O–H groups in total. The van der Waals surface area contributed by atoms with Crippen molar-refractivity contribution in [2.24, 2.45) is 0 Å². The van der Waals surface area contributed by atoms with Gasteiger partial charge in [-0.15, -0.1) is 0 Å². The molecule has 0 atom stereocenters. The van der Waals surface area contributed by atoms with E-state index in [0.717, 1.165) is 5.00 Å². The highest BCUT2D eigenvalue weighted by Gasteiger charge is 2.05. The van der Waals surface area contributed by atoms with Gasteiger partial charge in [0.15, 0.2) is 3.95 Å². The second-order valence-electron chi connectivity index (χ2n) is 2.86. The normalized spacial score (nSPS) is 9.87. The van der Waals surface area contributed by atoms with Crippen molar-refractivity contribution in [3.63, 3.8) is 0 Å². The summed E-state index contributed by atoms with van der Waals surface area (Å²) in [6, 6.07) is 9.06. The van der Waals surface area contributed by atoms with E-state index in [1.54, 1.807) is 18.3 Å². The summed E-state index contributed by atoms with van der Waals surface area (Å²) in [5.74, 6) is -0.124. The van der Waals surface area contributed by atoms with Crippen LogP contribution in [0.4, 0.5) is 5.00 Å². The third-order valence-electron chi connectivity index (χ3n) is 1.80. The van der Waals surface area contributed by atoms with Crippen molar-refractivity contribution >= 4 is 34.5 Å². The van der Waals surface area contributed by atoms with Gasteiger partial charge in [0.25, 0.3) is 5.91 Å². The fraction of sp³-hybridized carbons (Fsp3) is 0. The third kappa shape index (κ3) is 2.51. The molecule has 1 aromatic heterocycles. The summed E-state index contributed by atoms with van der Waals surface area (Å²) in [6.07, 6.45) is 1.69. The van der Waals surface area contributed by atoms with Crippen LogP contribution < -0.4 is 5.32 Å². The number of amides is 1. The van der Waals surface area contributed by atoms with Gasteiger partial charge in [-0.25, -0.2) is 0 Å². The van der Waals surface area contributed by atoms with E-state index in [2.05, 4.69) is 10.3 Å². The van der Waals surface area contributed by atoms with Gasteiger partial charge in [0.2, 0.25) is 0 Å². The third-order valence-corrected chi connectivity index (χ3v) is 2.91. The summed E-state index contributed by atoms with van der Waals surface area (Å²) in [5, 5.41) is 3.49. The van der Waals surface area contributed by atoms with Gasteiger partial charge in [-0.3, -0.25) is 4.79 Å². The molecule has 0 unspecified atom stereocenters. The number of carbonyl (C=O) groups is 1. The molecular weight excluding hydrogens is 228 g/mol. The fourth-order valence-electron chi connectivity index (χ4n) is 1.12. The first-order valence-corrected chi connectivity index (χ1v) is 5.53. The van der Waals surface area contributed by atoms with E-state index in [9.17, 15) is 4.79 Å². The van der Waals surface area contributed by atoms with Crippen LogP contribution in [0.1, 0.15) is 10.4 Å². The molecule has 0 fully saturated rings. The maximum Gasteiger partial charge on any atom is 0.256 e. The quantitative estimate of drug-likeness (QED) is 0.787. The lowest BCUT2D eigenvalue weighted by atomic mass is 10.2. The second kappa shape index (κ2) is 4.37. The molecule has 1 heterocycles. The summed E-state index contributed by atoms with van der Waals surface area (Å²) < 4.78 is 0.651. The standard InChI is InChI=1S/C10H8N2OS2/c13-9(7-4-2-1-3-5-7)12-8-6-11-10(14)15-8/h1-6H,(H,11,14)(H,12,13). The number of hydrogen-bond donors (Lipinski definition) is 2. The molecule has 5 heteroatoms. The molecule has 0 saturated heterocycles. The van der Waals surface area contributed by atoms with Crippen molar-refractivity contribution < 1.29 is 4.79 Å². The molecule has 0 aliphatic heterocycles. The van der Waals surface area contributed by atoms with E-state index in [0.29, 0.717) is 9.52 Å². The smallest absolute Gasteiger partial charge is 0.256 e. The number of carbonyl (C=O) groups excluding carboxylic acids is 1. The van der Waals surface area contributed by atoms with Crippen LogP contribution in [-0.4, -0.2) is 10.9 Å². The molecule has 3 nitrogen and oxygen atoms in total. The van der Waals surface area contributed by atoms with Crippen molar-refractivity contribution in [3.05, 3.63) is 46.0 Å². The first-order valence-electron chi connectivity index (χ1n) is 4.30. The van der Waals surface area contributed by atoms with E-state index in [1.807, 2.05) is 18.2 Å². The number of H-pyrrole nitrogens is 1. The van der Waals surface area contributed by atoms with Crippen LogP contribution in [0, 0.1) is 3.95 Å². The molecule has 1 aromatic carbocycles. The topological polar surface area (TPSA) is 44.9 Å². The van der Waals surface area contributed by atoms with Crippen LogP contribution >= 0.6 is 23.6 Å². The summed E-state index contributed by atoms with van der Waals surface area (Å²) >= 11 is 6.25. The number of aromatic amines is 1. The lowest BCUT2D eigenvalue weighted by molar-refractivity contribution is 0.102. The Balaban J connectivity index is 2.14. The summed E-state index contributed by atoms with van der Waals surface area (Å²) in [6.45, 7) is 0. The number of hydrogen-bond acceptors (Lipinski definition) is 3. The van der Waals surface area contributed by atoms with Gasteiger partial charge in [-0.05, 0) is 24.4 Å². The Hall–Kier alpha value is -1.46. The Labute approximate surface area is 95.8 Å². The number of rotatable bonds is 2. The maximum atomic E-state index is 11.7. The van der Waals surface area contributed by atoms with Gasteiger partial charge in [0.05, 0.1) is 0 Å². The van der Waals surface area contributed by atoms with Gasteiger partial charge >= 0.3 is 0 Å². The number of nitrogens with one attached hydrogen (secondary N) is 2. The van der Waals surface area contributed by atoms with Gasteiger partial charge in [0, 0.05) is 11.8 Å². The average Bonchev–Trinajstić information content (AvgIpc) is 2.65. The van der Waals surface area contributed by atoms with Crippen molar-refractivity contribution in [2.75, 3.05) is 5.32 Å². The van der Waals surface area contributed by atoms with Crippen LogP contribution in [0.25, 0.3) is 0 Å². The van der Waals surface area contributed by atoms with E-state index in [1.165, 1.54) is 11.3 Å². The lowest BCUT2D eigenvalue weighted by Gasteiger charge is -2.00. The first-order chi connectivity index (χ1) is 7.25. The average molecular weight is 236 g/mol. The number of benzene rings is 1. The Kier molecular flexibility index (Phi) is 2.94. The monoisotopic (exact) mass is 236 g/mol. The van der Waals surface area contributed by atoms with Crippen molar-refractivity contribution in [1.82, 2.24) is 4.98 Å². The number of thiazole rings is 1. The van der Waals surface area contributed by atoms with Crippen LogP contribution in [-0.2, 0) is 0 Å². The van der Waals surface area contributed by atoms with E-state index in [-0.39, 0.29) is 5.91 Å². The van der Waals surface area contributed by atoms with Gasteiger partial charge < -0.3 is 10.3 Å². The highest BCUT2D eigenvalue weighted by atomic mass is 32.1. The molecule has 0 saturated carbocycles. The molecule has 0 radical (unpaired) electrons. The highest BCUT2D eigenvalue weighted by Crippen LogP contribution is 2.15. The minimum atomic E-state index is -0.124. The van der Waals surface area contributed by atoms with E-state index >= 15 is 0 Å². The minimum Gasteiger partial charge on any atom is -0.342 e. The lowest BCUT2D eigenvalue weighted by Crippen LogP contribution is -2.10. The van der Waals surface area contributed by atoms with Crippen LogP contribution in [0.3, 0.4) is 0 Å². The highest BCUT2D eigenvalue weighted by molar-refractivity contribution is 7.73. The molecule has 0 spiro atoms. The maximum absolute atomic E-state index is 11.7. The molecule has 2 aromatic rings. The summed E-state index contributed by atoms with van der Waals surface area (Å²) in [4.78, 5) is 14.5. The minimum absolute atomic E-state index is 0.124. The summed E-state index contributed by atoms with van der Waals surface area (Å²) in [5.41, 5.74) is 0.636. The predicted octanol–water partition coefficient (Wildman–Crippen LogP) is 3.06. The van der Waals surface area contributed by atoms with Gasteiger partial charge in [-0.1, -0.05) is 29.5 Å². The Morgan fingerprint density at radius 2 is 2.07 bits per heavy atom. The first kappa shape index (κ1) is 10.1. The van der Waals surface area contributed by atoms with Crippen LogP contribution in [0.15, 0.2) is 36.5 Å². The van der Waals surface area contributed by atoms with Gasteiger partial charge in [0.1, 0.15) is 5.00 Å². The molecule has 0 bridgehead atoms. The SMILES string of the molecule is O=C(Nc1c[nH]c(=S)s1)c1ccccc1. The second-order valence-corrected chi connectivity index (χ2v) is 4.58. The Bertz CT molecular complexity index is 515. The summed E-state index contributed by atoms with van der Waals surface area (Å²) in [7, 11) is 0. The van der Waals surface area contributed by atoms with E-state index in [4.69, 9.17) is 12.2 Å². The Morgan fingerprint density at radius 3 is 2.67 bits per heavy atom. The molecule has 1 amide bonds. The largest absolute Gasteiger partial charge is 0.342 e. The molecule has 0 aliphatic carbocycles. The van der Waals surface area contributed by atoms with Crippen molar-refractivity contribution in [3.8, 4) is 0 Å². The predicted molar refractivity (Wildman–Crippen MR) is 63.9 cm³/mol. The zero-order valence-electron chi connectivity index (χ0n) is 7.69.